The van der Waals surface area contributed by atoms with Gasteiger partial charge in [-0.25, -0.2) is 19.7 Å². The number of anilines is 12. The molecule has 0 spiro atoms. The summed E-state index contributed by atoms with van der Waals surface area (Å²) in [6.45, 7) is 14.8. The van der Waals surface area contributed by atoms with Crippen LogP contribution in [0.2, 0.25) is 0 Å². The first-order chi connectivity index (χ1) is 60.1. The molecule has 12 atom stereocenters. The van der Waals surface area contributed by atoms with Crippen molar-refractivity contribution in [2.45, 2.75) is 229 Å². The quantitative estimate of drug-likeness (QED) is 0.0446. The molecule has 0 radical (unpaired) electrons. The zero-order valence-corrected chi connectivity index (χ0v) is 73.6. The van der Waals surface area contributed by atoms with E-state index in [0.717, 1.165) is 179 Å². The number of carbonyl (C=O) groups is 6. The number of aromatic nitrogens is 6. The van der Waals surface area contributed by atoms with E-state index in [1.165, 1.54) is 51.6 Å². The van der Waals surface area contributed by atoms with E-state index in [2.05, 4.69) is 106 Å². The fourth-order valence-electron chi connectivity index (χ4n) is 23.9. The van der Waals surface area contributed by atoms with Crippen LogP contribution < -0.4 is 75.9 Å². The van der Waals surface area contributed by atoms with Crippen LogP contribution >= 0.6 is 0 Å². The first-order valence-electron chi connectivity index (χ1n) is 46.2. The van der Waals surface area contributed by atoms with Crippen LogP contribution in [0.5, 0.6) is 17.2 Å². The van der Waals surface area contributed by atoms with E-state index in [9.17, 15) is 33.9 Å². The number of rotatable bonds is 17. The summed E-state index contributed by atoms with van der Waals surface area (Å²) in [7, 11) is 12.0. The van der Waals surface area contributed by atoms with Crippen molar-refractivity contribution in [2.75, 3.05) is 147 Å². The van der Waals surface area contributed by atoms with Crippen LogP contribution in [0, 0.1) is 35.5 Å². The molecule has 124 heavy (non-hydrogen) atoms. The van der Waals surface area contributed by atoms with Crippen molar-refractivity contribution in [3.05, 3.63) is 88.4 Å². The summed E-state index contributed by atoms with van der Waals surface area (Å²) >= 11 is 0. The van der Waals surface area contributed by atoms with Crippen molar-refractivity contribution in [1.29, 1.82) is 0 Å². The number of hydrogen-bond acceptors (Lipinski definition) is 25. The third-order valence-corrected chi connectivity index (χ3v) is 29.8. The molecule has 9 fully saturated rings. The molecule has 0 bridgehead atoms. The Hall–Kier alpha value is -10.2. The average Bonchev–Trinajstić information content (AvgIpc) is 1.03. The Bertz CT molecular complexity index is 4780. The van der Waals surface area contributed by atoms with Gasteiger partial charge in [-0.1, -0.05) is 59.3 Å². The highest BCUT2D eigenvalue weighted by Gasteiger charge is 2.48. The minimum Gasteiger partial charge on any atom is -0.491 e. The number of benzene rings is 3. The molecule has 15 aliphatic rings. The Kier molecular flexibility index (Phi) is 24.3. The molecule has 6 saturated carbocycles. The number of carbonyl (C=O) groups excluding carboxylic acids is 5. The second-order valence-corrected chi connectivity index (χ2v) is 37.8. The standard InChI is InChI=1S/2C31H41N7O3.C23H27N5O4.C8H16N2/c2*1-4-25-30(40)37(3)26-15-32-31(35-28(26)38(25)21-7-5-6-8-21)34-24-10-9-23(22-11-12-41-27(22)24)29(39)33-20-13-18-16-36(2)17-19(18)14-20;1-3-17-21(29)27(2)18-12-24-23(26-20(18)28(17)13-6-4-5-7-13)25-16-9-8-15(22(30)31)14-10-11-32-19(14)16;1-10-4-6-2-8(9)3-7(6)5-10/h2*9-10,15,18-21,25H,4-8,11-14,16-17H2,1-3H3,(H,33,39)(H,32,34,35);8-9,12-13,17H,3-7,10-11H2,1-2H3,(H,30,31)(H,24,25,26);6-8H,2-5,9H2,1H3/t2*18-,19+,20?,25-;17-;6-,7+,8?/m111./s1. The highest BCUT2D eigenvalue weighted by atomic mass is 16.5. The van der Waals surface area contributed by atoms with Gasteiger partial charge >= 0.3 is 5.97 Å². The number of carboxylic acids is 1. The van der Waals surface area contributed by atoms with Crippen LogP contribution in [0.1, 0.15) is 203 Å². The van der Waals surface area contributed by atoms with E-state index in [1.807, 2.05) is 45.3 Å². The molecule has 6 aliphatic carbocycles. The molecule has 662 valence electrons. The SMILES string of the molecule is CC[C@@H]1C(=O)N(C)c2cnc(Nc3ccc(C(=O)NC4C[C@@H]5CN(C)C[C@@H]5C4)c4c3OCC4)nc2N1C1CCCC1.CC[C@@H]1C(=O)N(C)c2cnc(Nc3ccc(C(=O)NC4C[C@@H]5CN(C)C[C@@H]5C4)c4c3OCC4)nc2N1C1CCCC1.CC[C@@H]1C(=O)N(C)c2cnc(Nc3ccc(C(=O)O)c4c3OCC4)nc2N1C1CCCC1.CN1C[C@H]2CC(N)C[C@H]2C1. The van der Waals surface area contributed by atoms with E-state index >= 15 is 0 Å². The Morgan fingerprint density at radius 2 is 0.702 bits per heavy atom. The first-order valence-corrected chi connectivity index (χ1v) is 46.2. The van der Waals surface area contributed by atoms with Gasteiger partial charge in [-0.05, 0) is 189 Å². The van der Waals surface area contributed by atoms with Gasteiger partial charge in [0.25, 0.3) is 11.8 Å². The number of nitrogens with zero attached hydrogens (tertiary/aromatic N) is 15. The van der Waals surface area contributed by atoms with Gasteiger partial charge in [0, 0.05) is 144 Å². The number of fused-ring (bicyclic) bond motifs is 9. The molecule has 5 amide bonds. The van der Waals surface area contributed by atoms with Crippen molar-refractivity contribution in [1.82, 2.24) is 55.2 Å². The second kappa shape index (κ2) is 35.7. The summed E-state index contributed by atoms with van der Waals surface area (Å²) in [5.74, 6) is 9.58. The number of nitrogens with two attached hydrogens (primary N) is 1. The zero-order valence-electron chi connectivity index (χ0n) is 73.6. The molecule has 3 saturated heterocycles. The number of likely N-dealkylation sites (tertiary alicyclic amines) is 3. The molecular formula is C93H125N21O10. The van der Waals surface area contributed by atoms with E-state index < -0.39 is 5.97 Å². The minimum atomic E-state index is -0.964. The molecule has 9 aliphatic heterocycles. The average molecular weight is 1700 g/mol. The van der Waals surface area contributed by atoms with Crippen molar-refractivity contribution in [3.8, 4) is 17.2 Å². The second-order valence-electron chi connectivity index (χ2n) is 37.8. The summed E-state index contributed by atoms with van der Waals surface area (Å²) in [5.41, 5.74) is 14.4. The lowest BCUT2D eigenvalue weighted by molar-refractivity contribution is -0.120. The topological polar surface area (TPSA) is 343 Å². The van der Waals surface area contributed by atoms with Crippen LogP contribution in [0.15, 0.2) is 55.0 Å². The van der Waals surface area contributed by atoms with Gasteiger partial charge in [0.1, 0.15) is 52.4 Å². The van der Waals surface area contributed by atoms with Crippen LogP contribution in [-0.4, -0.2) is 241 Å². The number of hydrogen-bond donors (Lipinski definition) is 7. The fourth-order valence-corrected chi connectivity index (χ4v) is 23.9. The molecular weight excluding hydrogens is 1570 g/mol. The smallest absolute Gasteiger partial charge is 0.336 e. The lowest BCUT2D eigenvalue weighted by Gasteiger charge is -2.43. The Morgan fingerprint density at radius 3 is 0.992 bits per heavy atom. The third-order valence-electron chi connectivity index (χ3n) is 29.8. The Labute approximate surface area is 727 Å². The van der Waals surface area contributed by atoms with E-state index in [-0.39, 0.29) is 65.3 Å². The summed E-state index contributed by atoms with van der Waals surface area (Å²) in [6.07, 6.45) is 29.5. The molecule has 21 rings (SSSR count). The van der Waals surface area contributed by atoms with Crippen LogP contribution in [0.3, 0.4) is 0 Å². The lowest BCUT2D eigenvalue weighted by Crippen LogP contribution is -2.55. The maximum absolute atomic E-state index is 13.4. The number of amides is 5. The van der Waals surface area contributed by atoms with Crippen LogP contribution in [0.4, 0.5) is 69.4 Å². The van der Waals surface area contributed by atoms with Crippen molar-refractivity contribution < 1.29 is 48.1 Å². The Balaban J connectivity index is 0.000000120. The normalized spacial score (nSPS) is 27.3. The predicted octanol–water partition coefficient (Wildman–Crippen LogP) is 11.1. The summed E-state index contributed by atoms with van der Waals surface area (Å²) < 4.78 is 17.8. The number of likely N-dealkylation sites (N-methyl/N-ethyl adjacent to an activating group) is 3. The summed E-state index contributed by atoms with van der Waals surface area (Å²) in [6, 6.07) is 12.1. The first kappa shape index (κ1) is 84.6. The van der Waals surface area contributed by atoms with Crippen molar-refractivity contribution >= 4 is 105 Å². The molecule has 6 aromatic rings. The van der Waals surface area contributed by atoms with Gasteiger partial charge in [-0.15, -0.1) is 0 Å². The monoisotopic (exact) mass is 1700 g/mol. The fraction of sp³-hybridized carbons (Fsp3) is 0.613. The number of nitrogens with one attached hydrogen (secondary N) is 5. The highest BCUT2D eigenvalue weighted by molar-refractivity contribution is 6.07. The molecule has 3 aromatic heterocycles. The van der Waals surface area contributed by atoms with Crippen molar-refractivity contribution in [2.24, 2.45) is 41.2 Å². The maximum Gasteiger partial charge on any atom is 0.336 e. The number of ether oxygens (including phenoxy) is 3. The Morgan fingerprint density at radius 1 is 0.419 bits per heavy atom. The van der Waals surface area contributed by atoms with Gasteiger partial charge in [0.05, 0.1) is 61.0 Å². The van der Waals surface area contributed by atoms with Gasteiger partial charge < -0.3 is 95.7 Å². The molecule has 12 heterocycles. The molecule has 3 aromatic carbocycles. The number of carboxylic acid groups (broad SMARTS) is 1. The van der Waals surface area contributed by atoms with Crippen LogP contribution in [-0.2, 0) is 33.6 Å². The van der Waals surface area contributed by atoms with Gasteiger partial charge in [-0.3, -0.25) is 24.0 Å². The molecule has 8 N–H and O–H groups in total. The summed E-state index contributed by atoms with van der Waals surface area (Å²) in [4.78, 5) is 125. The van der Waals surface area contributed by atoms with Crippen LogP contribution in [0.25, 0.3) is 0 Å². The predicted molar refractivity (Wildman–Crippen MR) is 478 cm³/mol. The van der Waals surface area contributed by atoms with E-state index in [4.69, 9.17) is 34.9 Å². The van der Waals surface area contributed by atoms with E-state index in [1.54, 1.807) is 52.5 Å². The maximum atomic E-state index is 13.4. The number of aromatic carboxylic acids is 1. The van der Waals surface area contributed by atoms with Crippen molar-refractivity contribution in [3.63, 3.8) is 0 Å². The summed E-state index contributed by atoms with van der Waals surface area (Å²) in [5, 5.41) is 26.1. The molecule has 3 unspecified atom stereocenters. The minimum absolute atomic E-state index is 0.00724. The molecule has 31 nitrogen and oxygen atoms in total. The molecule has 31 heteroatoms. The van der Waals surface area contributed by atoms with E-state index in [0.29, 0.717) is 157 Å². The van der Waals surface area contributed by atoms with Gasteiger partial charge in [-0.2, -0.15) is 15.0 Å². The highest BCUT2D eigenvalue weighted by Crippen LogP contribution is 2.49. The largest absolute Gasteiger partial charge is 0.491 e. The lowest BCUT2D eigenvalue weighted by atomic mass is 10.0. The third kappa shape index (κ3) is 16.4. The van der Waals surface area contributed by atoms with Gasteiger partial charge in [0.2, 0.25) is 35.6 Å². The van der Waals surface area contributed by atoms with Gasteiger partial charge in [0.15, 0.2) is 17.5 Å². The zero-order chi connectivity index (χ0) is 86.0.